The molecule has 0 aromatic heterocycles. The highest BCUT2D eigenvalue weighted by Gasteiger charge is 2.16. The highest BCUT2D eigenvalue weighted by Crippen LogP contribution is 2.33. The molecule has 0 heterocycles. The summed E-state index contributed by atoms with van der Waals surface area (Å²) in [6.07, 6.45) is 1.08. The van der Waals surface area contributed by atoms with E-state index in [1.165, 1.54) is 0 Å². The number of phenols is 1. The van der Waals surface area contributed by atoms with Crippen molar-refractivity contribution in [3.63, 3.8) is 0 Å². The molecule has 148 valence electrons. The van der Waals surface area contributed by atoms with E-state index in [0.717, 1.165) is 23.9 Å². The zero-order valence-corrected chi connectivity index (χ0v) is 15.9. The van der Waals surface area contributed by atoms with Gasteiger partial charge in [-0.25, -0.2) is 5.43 Å². The molecule has 2 aromatic rings. The monoisotopic (exact) mass is 407 g/mol. The van der Waals surface area contributed by atoms with Gasteiger partial charge in [0, 0.05) is 16.7 Å². The van der Waals surface area contributed by atoms with Crippen molar-refractivity contribution < 1.29 is 24.3 Å². The molecule has 0 saturated carbocycles. The van der Waals surface area contributed by atoms with E-state index in [0.29, 0.717) is 10.8 Å². The minimum absolute atomic E-state index is 0.0206. The number of ether oxygens (including phenoxy) is 2. The van der Waals surface area contributed by atoms with E-state index in [-0.39, 0.29) is 36.0 Å². The number of rotatable bonds is 8. The number of carbonyl (C=O) groups excluding carboxylic acids is 1. The minimum Gasteiger partial charge on any atom is -0.504 e. The molecule has 0 aliphatic carbocycles. The summed E-state index contributed by atoms with van der Waals surface area (Å²) in [5.41, 5.74) is 2.76. The molecule has 0 bridgehead atoms. The second-order valence-electron chi connectivity index (χ2n) is 5.56. The number of hydrazone groups is 1. The molecule has 2 aromatic carbocycles. The molecule has 1 amide bonds. The summed E-state index contributed by atoms with van der Waals surface area (Å²) in [6, 6.07) is 7.19. The maximum atomic E-state index is 11.8. The van der Waals surface area contributed by atoms with E-state index < -0.39 is 10.8 Å². The summed E-state index contributed by atoms with van der Waals surface area (Å²) >= 11 is 5.92. The predicted octanol–water partition coefficient (Wildman–Crippen LogP) is 3.19. The Labute approximate surface area is 165 Å². The summed E-state index contributed by atoms with van der Waals surface area (Å²) in [7, 11) is 0. The Morgan fingerprint density at radius 2 is 2.11 bits per heavy atom. The van der Waals surface area contributed by atoms with Gasteiger partial charge in [-0.2, -0.15) is 5.10 Å². The molecule has 0 aliphatic heterocycles. The van der Waals surface area contributed by atoms with Gasteiger partial charge in [0.2, 0.25) is 0 Å². The Balaban J connectivity index is 2.01. The van der Waals surface area contributed by atoms with Crippen LogP contribution < -0.4 is 14.9 Å². The van der Waals surface area contributed by atoms with Crippen LogP contribution in [0.25, 0.3) is 0 Å². The number of nitrogens with zero attached hydrogens (tertiary/aromatic N) is 2. The van der Waals surface area contributed by atoms with Gasteiger partial charge >= 0.3 is 0 Å². The number of amides is 1. The average Bonchev–Trinajstić information content (AvgIpc) is 2.65. The third-order valence-corrected chi connectivity index (χ3v) is 3.92. The number of benzene rings is 2. The van der Waals surface area contributed by atoms with Crippen LogP contribution in [0, 0.1) is 17.0 Å². The highest BCUT2D eigenvalue weighted by molar-refractivity contribution is 6.31. The van der Waals surface area contributed by atoms with E-state index in [2.05, 4.69) is 10.5 Å². The molecule has 2 rings (SSSR count). The summed E-state index contributed by atoms with van der Waals surface area (Å²) < 4.78 is 10.5. The number of non-ortho nitro benzene ring substituents is 1. The number of phenolic OH excluding ortho intramolecular Hbond substituents is 1. The number of nitro groups is 1. The second-order valence-corrected chi connectivity index (χ2v) is 5.97. The minimum atomic E-state index is -0.625. The Kier molecular flexibility index (Phi) is 7.16. The molecule has 0 aliphatic rings. The summed E-state index contributed by atoms with van der Waals surface area (Å²) in [4.78, 5) is 22.2. The molecule has 0 fully saturated rings. The fourth-order valence-corrected chi connectivity index (χ4v) is 2.26. The largest absolute Gasteiger partial charge is 0.504 e. The van der Waals surface area contributed by atoms with Crippen LogP contribution >= 0.6 is 11.6 Å². The third kappa shape index (κ3) is 5.58. The standard InChI is InChI=1S/C18H18ClN3O6/c1-3-27-16-8-13(22(25)26)7-12(18(16)24)9-20-21-17(23)10-28-14-4-5-15(19)11(2)6-14/h4-9,24H,3,10H2,1-2H3,(H,21,23)/b20-9-. The van der Waals surface area contributed by atoms with Gasteiger partial charge < -0.3 is 14.6 Å². The smallest absolute Gasteiger partial charge is 0.277 e. The summed E-state index contributed by atoms with van der Waals surface area (Å²) in [5.74, 6) is -0.457. The Morgan fingerprint density at radius 3 is 2.75 bits per heavy atom. The van der Waals surface area contributed by atoms with E-state index in [1.54, 1.807) is 25.1 Å². The number of aromatic hydroxyl groups is 1. The zero-order valence-electron chi connectivity index (χ0n) is 15.1. The number of aryl methyl sites for hydroxylation is 1. The second kappa shape index (κ2) is 9.56. The van der Waals surface area contributed by atoms with E-state index in [9.17, 15) is 20.0 Å². The lowest BCUT2D eigenvalue weighted by Gasteiger charge is -2.08. The van der Waals surface area contributed by atoms with E-state index in [1.807, 2.05) is 6.92 Å². The van der Waals surface area contributed by atoms with Crippen LogP contribution in [-0.2, 0) is 4.79 Å². The first-order chi connectivity index (χ1) is 13.3. The lowest BCUT2D eigenvalue weighted by atomic mass is 10.1. The third-order valence-electron chi connectivity index (χ3n) is 3.49. The van der Waals surface area contributed by atoms with Crippen LogP contribution in [0.1, 0.15) is 18.1 Å². The topological polar surface area (TPSA) is 123 Å². The van der Waals surface area contributed by atoms with Gasteiger partial charge in [-0.15, -0.1) is 0 Å². The summed E-state index contributed by atoms with van der Waals surface area (Å²) in [5, 5.41) is 25.4. The number of hydrogen-bond donors (Lipinski definition) is 2. The molecule has 10 heteroatoms. The number of nitro benzene ring substituents is 1. The van der Waals surface area contributed by atoms with Crippen LogP contribution in [0.5, 0.6) is 17.2 Å². The fourth-order valence-electron chi connectivity index (χ4n) is 2.15. The molecule has 9 nitrogen and oxygen atoms in total. The van der Waals surface area contributed by atoms with Gasteiger partial charge in [0.05, 0.1) is 23.8 Å². The van der Waals surface area contributed by atoms with Gasteiger partial charge in [0.15, 0.2) is 18.1 Å². The molecule has 0 atom stereocenters. The Hall–Kier alpha value is -3.33. The molecular formula is C18H18ClN3O6. The molecule has 0 unspecified atom stereocenters. The van der Waals surface area contributed by atoms with Crippen molar-refractivity contribution >= 4 is 29.4 Å². The molecule has 0 saturated heterocycles. The quantitative estimate of drug-likeness (QED) is 0.393. The van der Waals surface area contributed by atoms with E-state index >= 15 is 0 Å². The van der Waals surface area contributed by atoms with Crippen molar-refractivity contribution in [2.24, 2.45) is 5.10 Å². The normalized spacial score (nSPS) is 10.7. The molecule has 28 heavy (non-hydrogen) atoms. The van der Waals surface area contributed by atoms with Gasteiger partial charge in [-0.05, 0) is 37.6 Å². The number of halogens is 1. The zero-order chi connectivity index (χ0) is 20.7. The van der Waals surface area contributed by atoms with Crippen LogP contribution in [-0.4, -0.2) is 35.4 Å². The van der Waals surface area contributed by atoms with Gasteiger partial charge in [-0.1, -0.05) is 11.6 Å². The molecular weight excluding hydrogens is 390 g/mol. The number of hydrogen-bond acceptors (Lipinski definition) is 7. The van der Waals surface area contributed by atoms with Crippen molar-refractivity contribution in [1.82, 2.24) is 5.43 Å². The highest BCUT2D eigenvalue weighted by atomic mass is 35.5. The number of nitrogens with one attached hydrogen (secondary N) is 1. The maximum absolute atomic E-state index is 11.8. The SMILES string of the molecule is CCOc1cc([N+](=O)[O-])cc(/C=N\NC(=O)COc2ccc(Cl)c(C)c2)c1O. The van der Waals surface area contributed by atoms with Crippen molar-refractivity contribution in [3.05, 3.63) is 56.6 Å². The van der Waals surface area contributed by atoms with Crippen molar-refractivity contribution in [2.75, 3.05) is 13.2 Å². The first-order valence-corrected chi connectivity index (χ1v) is 8.54. The summed E-state index contributed by atoms with van der Waals surface area (Å²) in [6.45, 7) is 3.39. The van der Waals surface area contributed by atoms with Crippen LogP contribution in [0.4, 0.5) is 5.69 Å². The van der Waals surface area contributed by atoms with Crippen LogP contribution in [0.15, 0.2) is 35.4 Å². The van der Waals surface area contributed by atoms with Gasteiger partial charge in [0.25, 0.3) is 11.6 Å². The average molecular weight is 408 g/mol. The maximum Gasteiger partial charge on any atom is 0.277 e. The molecule has 0 spiro atoms. The van der Waals surface area contributed by atoms with Crippen molar-refractivity contribution in [2.45, 2.75) is 13.8 Å². The Bertz CT molecular complexity index is 916. The first-order valence-electron chi connectivity index (χ1n) is 8.16. The predicted molar refractivity (Wildman–Crippen MR) is 103 cm³/mol. The number of carbonyl (C=O) groups is 1. The van der Waals surface area contributed by atoms with E-state index in [4.69, 9.17) is 21.1 Å². The van der Waals surface area contributed by atoms with Gasteiger partial charge in [-0.3, -0.25) is 14.9 Å². The molecule has 0 radical (unpaired) electrons. The lowest BCUT2D eigenvalue weighted by Crippen LogP contribution is -2.24. The van der Waals surface area contributed by atoms with Crippen LogP contribution in [0.2, 0.25) is 5.02 Å². The van der Waals surface area contributed by atoms with Crippen molar-refractivity contribution in [1.29, 1.82) is 0 Å². The fraction of sp³-hybridized carbons (Fsp3) is 0.222. The first kappa shape index (κ1) is 21.0. The van der Waals surface area contributed by atoms with Crippen LogP contribution in [0.3, 0.4) is 0 Å². The van der Waals surface area contributed by atoms with Crippen molar-refractivity contribution in [3.8, 4) is 17.2 Å². The molecule has 2 N–H and O–H groups in total. The Morgan fingerprint density at radius 1 is 1.36 bits per heavy atom. The van der Waals surface area contributed by atoms with Gasteiger partial charge in [0.1, 0.15) is 5.75 Å². The lowest BCUT2D eigenvalue weighted by molar-refractivity contribution is -0.385.